The molecule has 3 rings (SSSR count). The van der Waals surface area contributed by atoms with Gasteiger partial charge in [-0.15, -0.1) is 13.2 Å². The van der Waals surface area contributed by atoms with Crippen LogP contribution >= 0.6 is 23.4 Å². The van der Waals surface area contributed by atoms with Crippen molar-refractivity contribution in [3.8, 4) is 5.75 Å². The summed E-state index contributed by atoms with van der Waals surface area (Å²) in [5.74, 6) is 0.232. The number of amides is 4. The first-order valence-electron chi connectivity index (χ1n) is 12.1. The molecule has 2 aromatic carbocycles. The molecule has 0 aromatic heterocycles. The second-order valence-corrected chi connectivity index (χ2v) is 11.1. The molecule has 0 bridgehead atoms. The summed E-state index contributed by atoms with van der Waals surface area (Å²) in [6, 6.07) is 5.68. The van der Waals surface area contributed by atoms with Crippen LogP contribution in [0.25, 0.3) is 0 Å². The van der Waals surface area contributed by atoms with Crippen LogP contribution in [0.15, 0.2) is 47.6 Å². The predicted octanol–water partition coefficient (Wildman–Crippen LogP) is 7.73. The zero-order chi connectivity index (χ0) is 30.8. The van der Waals surface area contributed by atoms with Gasteiger partial charge in [0.05, 0.1) is 28.5 Å². The highest BCUT2D eigenvalue weighted by Crippen LogP contribution is 2.40. The van der Waals surface area contributed by atoms with E-state index in [-0.39, 0.29) is 17.8 Å². The van der Waals surface area contributed by atoms with Gasteiger partial charge < -0.3 is 9.64 Å². The molecule has 0 saturated carbocycles. The number of nitrogens with zero attached hydrogens (tertiary/aromatic N) is 4. The monoisotopic (exact) mass is 624 g/mol. The molecule has 7 nitrogen and oxygen atoms in total. The summed E-state index contributed by atoms with van der Waals surface area (Å²) < 4.78 is 81.6. The van der Waals surface area contributed by atoms with Gasteiger partial charge >= 0.3 is 24.6 Å². The fourth-order valence-electron chi connectivity index (χ4n) is 4.31. The number of halogens is 7. The smallest absolute Gasteiger partial charge is 0.406 e. The molecule has 1 atom stereocenters. The summed E-state index contributed by atoms with van der Waals surface area (Å²) in [4.78, 5) is 28.7. The molecule has 1 heterocycles. The van der Waals surface area contributed by atoms with E-state index in [9.17, 15) is 35.9 Å². The van der Waals surface area contributed by atoms with Crippen molar-refractivity contribution in [2.24, 2.45) is 10.5 Å². The summed E-state index contributed by atoms with van der Waals surface area (Å²) in [6.07, 6.45) is -6.45. The average Bonchev–Trinajstić information content (AvgIpc) is 3.20. The zero-order valence-electron chi connectivity index (χ0n) is 22.4. The number of carbonyl (C=O) groups excluding carboxylic acids is 2. The quantitative estimate of drug-likeness (QED) is 0.234. The minimum atomic E-state index is -4.93. The molecule has 2 aromatic rings. The maximum absolute atomic E-state index is 13.8. The second-order valence-electron chi connectivity index (χ2n) is 9.69. The van der Waals surface area contributed by atoms with Gasteiger partial charge in [0, 0.05) is 19.5 Å². The second kappa shape index (κ2) is 12.4. The highest BCUT2D eigenvalue weighted by Gasteiger charge is 2.44. The lowest BCUT2D eigenvalue weighted by Crippen LogP contribution is -2.49. The fourth-order valence-corrected chi connectivity index (χ4v) is 5.03. The van der Waals surface area contributed by atoms with Gasteiger partial charge in [0.25, 0.3) is 0 Å². The number of rotatable bonds is 7. The van der Waals surface area contributed by atoms with Crippen LogP contribution in [-0.4, -0.2) is 66.7 Å². The Hall–Kier alpha value is -3.13. The van der Waals surface area contributed by atoms with Gasteiger partial charge in [0.15, 0.2) is 0 Å². The third-order valence-electron chi connectivity index (χ3n) is 6.23. The summed E-state index contributed by atoms with van der Waals surface area (Å²) in [5.41, 5.74) is -1.28. The summed E-state index contributed by atoms with van der Waals surface area (Å²) in [6.45, 7) is 1.80. The van der Waals surface area contributed by atoms with Crippen molar-refractivity contribution in [1.29, 1.82) is 0 Å². The van der Waals surface area contributed by atoms with Crippen LogP contribution in [0, 0.1) is 5.41 Å². The number of hydrogen-bond donors (Lipinski definition) is 0. The average molecular weight is 625 g/mol. The molecule has 1 aliphatic heterocycles. The van der Waals surface area contributed by atoms with E-state index in [1.807, 2.05) is 13.2 Å². The molecule has 0 spiro atoms. The topological polar surface area (TPSA) is 65.5 Å². The van der Waals surface area contributed by atoms with Crippen LogP contribution in [0.4, 0.5) is 41.6 Å². The van der Waals surface area contributed by atoms with Crippen molar-refractivity contribution in [3.05, 3.63) is 58.6 Å². The van der Waals surface area contributed by atoms with Gasteiger partial charge in [-0.05, 0) is 66.8 Å². The largest absolute Gasteiger partial charge is 0.573 e. The van der Waals surface area contributed by atoms with Crippen molar-refractivity contribution >= 4 is 46.8 Å². The Bertz CT molecular complexity index is 1300. The predicted molar refractivity (Wildman–Crippen MR) is 146 cm³/mol. The highest BCUT2D eigenvalue weighted by atomic mass is 35.5. The molecular weight excluding hydrogens is 598 g/mol. The summed E-state index contributed by atoms with van der Waals surface area (Å²) in [5, 5.41) is 4.95. The molecule has 4 amide bonds. The Kier molecular flexibility index (Phi) is 9.79. The molecule has 0 radical (unpaired) electrons. The molecule has 0 aliphatic carbocycles. The number of thioether (sulfide) groups is 1. The van der Waals surface area contributed by atoms with Crippen LogP contribution in [0.1, 0.15) is 30.9 Å². The number of urea groups is 2. The highest BCUT2D eigenvalue weighted by molar-refractivity contribution is 7.98. The van der Waals surface area contributed by atoms with Crippen LogP contribution in [0.3, 0.4) is 0 Å². The van der Waals surface area contributed by atoms with E-state index < -0.39 is 46.4 Å². The molecule has 224 valence electrons. The van der Waals surface area contributed by atoms with E-state index in [1.54, 1.807) is 11.8 Å². The molecule has 0 saturated heterocycles. The zero-order valence-corrected chi connectivity index (χ0v) is 24.0. The molecular formula is C26H27ClF6N4O3S. The lowest BCUT2D eigenvalue weighted by molar-refractivity contribution is -0.274. The van der Waals surface area contributed by atoms with Gasteiger partial charge in [0.1, 0.15) is 5.75 Å². The minimum absolute atomic E-state index is 0.0132. The van der Waals surface area contributed by atoms with Crippen molar-refractivity contribution < 1.29 is 40.7 Å². The molecule has 1 aliphatic rings. The number of hydrogen-bond acceptors (Lipinski definition) is 5. The van der Waals surface area contributed by atoms with Gasteiger partial charge in [-0.1, -0.05) is 24.6 Å². The van der Waals surface area contributed by atoms with Gasteiger partial charge in [-0.3, -0.25) is 0 Å². The fraction of sp³-hybridized carbons (Fsp3) is 0.423. The molecule has 0 N–H and O–H groups in total. The van der Waals surface area contributed by atoms with E-state index in [4.69, 9.17) is 11.6 Å². The Morgan fingerprint density at radius 3 is 2.24 bits per heavy atom. The third kappa shape index (κ3) is 7.79. The summed E-state index contributed by atoms with van der Waals surface area (Å²) in [7, 11) is 2.78. The van der Waals surface area contributed by atoms with E-state index in [0.717, 1.165) is 57.0 Å². The number of carbonyl (C=O) groups is 2. The van der Waals surface area contributed by atoms with Crippen LogP contribution < -0.4 is 9.64 Å². The number of ether oxygens (including phenoxy) is 1. The Balaban J connectivity index is 2.03. The van der Waals surface area contributed by atoms with Crippen LogP contribution in [0.2, 0.25) is 5.02 Å². The number of anilines is 1. The maximum atomic E-state index is 13.8. The van der Waals surface area contributed by atoms with E-state index in [2.05, 4.69) is 9.84 Å². The summed E-state index contributed by atoms with van der Waals surface area (Å²) >= 11 is 7.58. The van der Waals surface area contributed by atoms with Crippen molar-refractivity contribution in [3.63, 3.8) is 0 Å². The number of alkyl halides is 6. The minimum Gasteiger partial charge on any atom is -0.406 e. The molecule has 0 fully saturated rings. The molecule has 15 heteroatoms. The first kappa shape index (κ1) is 32.4. The van der Waals surface area contributed by atoms with Crippen LogP contribution in [-0.2, 0) is 6.18 Å². The van der Waals surface area contributed by atoms with E-state index in [0.29, 0.717) is 18.6 Å². The molecule has 1 unspecified atom stereocenters. The van der Waals surface area contributed by atoms with Gasteiger partial charge in [0.2, 0.25) is 0 Å². The number of benzene rings is 2. The third-order valence-corrected chi connectivity index (χ3v) is 7.24. The Morgan fingerprint density at radius 1 is 1.10 bits per heavy atom. The van der Waals surface area contributed by atoms with E-state index in [1.165, 1.54) is 20.2 Å². The standard InChI is InChI=1S/C26H27ClF6N4O3S/c1-24(12-5-13-41-4)15-36(34-21(24)16-6-11-19(20(27)14-16)25(28,29)30)23(39)37(22(38)35(2)3)17-7-9-18(10-8-17)40-26(31,32)33/h6-11,14H,5,12-13,15H2,1-4H3. The SMILES string of the molecule is CSCCCC1(C)CN(C(=O)N(C(=O)N(C)C)c2ccc(OC(F)(F)F)cc2)N=C1c1ccc(C(F)(F)F)c(Cl)c1. The van der Waals surface area contributed by atoms with Gasteiger partial charge in [-0.2, -0.15) is 30.0 Å². The number of hydrazone groups is 1. The maximum Gasteiger partial charge on any atom is 0.573 e. The van der Waals surface area contributed by atoms with Gasteiger partial charge in [-0.25, -0.2) is 19.5 Å². The first-order chi connectivity index (χ1) is 19.0. The Morgan fingerprint density at radius 2 is 1.73 bits per heavy atom. The van der Waals surface area contributed by atoms with Crippen molar-refractivity contribution in [2.75, 3.05) is 37.5 Å². The van der Waals surface area contributed by atoms with Crippen LogP contribution in [0.5, 0.6) is 5.75 Å². The van der Waals surface area contributed by atoms with Crippen molar-refractivity contribution in [1.82, 2.24) is 9.91 Å². The lowest BCUT2D eigenvalue weighted by Gasteiger charge is -2.29. The number of imide groups is 1. The molecule has 41 heavy (non-hydrogen) atoms. The first-order valence-corrected chi connectivity index (χ1v) is 13.9. The van der Waals surface area contributed by atoms with E-state index >= 15 is 0 Å². The normalized spacial score (nSPS) is 17.3. The van der Waals surface area contributed by atoms with Crippen molar-refractivity contribution in [2.45, 2.75) is 32.3 Å². The Labute approximate surface area is 242 Å². The lowest BCUT2D eigenvalue weighted by atomic mass is 9.78.